The number of hydrogen-bond donors (Lipinski definition) is 2. The summed E-state index contributed by atoms with van der Waals surface area (Å²) in [6.45, 7) is 6.02. The molecule has 0 aliphatic carbocycles. The van der Waals surface area contributed by atoms with E-state index < -0.39 is 0 Å². The molecular formula is C17H25N3O2. The van der Waals surface area contributed by atoms with E-state index in [9.17, 15) is 9.90 Å². The van der Waals surface area contributed by atoms with Crippen LogP contribution in [-0.2, 0) is 11.2 Å². The zero-order valence-corrected chi connectivity index (χ0v) is 13.0. The van der Waals surface area contributed by atoms with Crippen LogP contribution in [0.5, 0.6) is 5.75 Å². The fraction of sp³-hybridized carbons (Fsp3) is 0.588. The average molecular weight is 303 g/mol. The minimum atomic E-state index is 0.263. The van der Waals surface area contributed by atoms with Gasteiger partial charge in [-0.3, -0.25) is 9.69 Å². The van der Waals surface area contributed by atoms with Crippen molar-refractivity contribution >= 4 is 5.91 Å². The summed E-state index contributed by atoms with van der Waals surface area (Å²) in [4.78, 5) is 16.5. The Bertz CT molecular complexity index is 514. The normalized spacial score (nSPS) is 22.9. The maximum atomic E-state index is 12.3. The first-order chi connectivity index (χ1) is 10.7. The Morgan fingerprint density at radius 3 is 2.86 bits per heavy atom. The third-order valence-corrected chi connectivity index (χ3v) is 4.63. The molecule has 1 aromatic carbocycles. The summed E-state index contributed by atoms with van der Waals surface area (Å²) >= 11 is 0. The van der Waals surface area contributed by atoms with Crippen LogP contribution in [0.4, 0.5) is 0 Å². The lowest BCUT2D eigenvalue weighted by molar-refractivity contribution is -0.132. The molecule has 5 heteroatoms. The van der Waals surface area contributed by atoms with Gasteiger partial charge in [0, 0.05) is 32.7 Å². The lowest BCUT2D eigenvalue weighted by atomic mass is 9.99. The highest BCUT2D eigenvalue weighted by Crippen LogP contribution is 2.22. The molecule has 1 aromatic rings. The molecule has 120 valence electrons. The number of benzene rings is 1. The predicted molar refractivity (Wildman–Crippen MR) is 85.8 cm³/mol. The predicted octanol–water partition coefficient (Wildman–Crippen LogP) is 0.688. The van der Waals surface area contributed by atoms with Crippen molar-refractivity contribution in [1.29, 1.82) is 0 Å². The highest BCUT2D eigenvalue weighted by Gasteiger charge is 2.26. The van der Waals surface area contributed by atoms with Gasteiger partial charge in [-0.2, -0.15) is 0 Å². The van der Waals surface area contributed by atoms with Gasteiger partial charge in [0.15, 0.2) is 0 Å². The Morgan fingerprint density at radius 1 is 1.27 bits per heavy atom. The number of aromatic hydroxyl groups is 1. The summed E-state index contributed by atoms with van der Waals surface area (Å²) in [5, 5.41) is 12.8. The zero-order valence-electron chi connectivity index (χ0n) is 13.0. The molecule has 0 bridgehead atoms. The van der Waals surface area contributed by atoms with Crippen molar-refractivity contribution < 1.29 is 9.90 Å². The quantitative estimate of drug-likeness (QED) is 0.859. The molecule has 1 unspecified atom stereocenters. The topological polar surface area (TPSA) is 55.8 Å². The molecule has 2 saturated heterocycles. The molecule has 0 aromatic heterocycles. The summed E-state index contributed by atoms with van der Waals surface area (Å²) in [5.41, 5.74) is 1.18. The van der Waals surface area contributed by atoms with Crippen LogP contribution in [0.3, 0.4) is 0 Å². The summed E-state index contributed by atoms with van der Waals surface area (Å²) in [6.07, 6.45) is 2.11. The monoisotopic (exact) mass is 303 g/mol. The van der Waals surface area contributed by atoms with Gasteiger partial charge in [-0.15, -0.1) is 0 Å². The van der Waals surface area contributed by atoms with Crippen LogP contribution in [0.2, 0.25) is 0 Å². The standard InChI is InChI=1S/C17H25N3O2/c21-16-3-1-2-14(11-16)10-15-4-7-19(12-15)13-17(22)20-8-5-18-6-9-20/h1-3,11,15,18,21H,4-10,12-13H2. The third kappa shape index (κ3) is 3.99. The van der Waals surface area contributed by atoms with Crippen molar-refractivity contribution in [3.63, 3.8) is 0 Å². The van der Waals surface area contributed by atoms with E-state index in [4.69, 9.17) is 0 Å². The molecular weight excluding hydrogens is 278 g/mol. The van der Waals surface area contributed by atoms with Crippen molar-refractivity contribution in [1.82, 2.24) is 15.1 Å². The molecule has 3 rings (SSSR count). The molecule has 2 heterocycles. The second-order valence-electron chi connectivity index (χ2n) is 6.39. The summed E-state index contributed by atoms with van der Waals surface area (Å²) in [5.74, 6) is 1.18. The average Bonchev–Trinajstić information content (AvgIpc) is 2.95. The van der Waals surface area contributed by atoms with E-state index in [0.29, 0.717) is 18.2 Å². The molecule has 0 saturated carbocycles. The zero-order chi connectivity index (χ0) is 15.4. The first-order valence-corrected chi connectivity index (χ1v) is 8.19. The number of carbonyl (C=O) groups is 1. The second kappa shape index (κ2) is 7.11. The lowest BCUT2D eigenvalue weighted by Crippen LogP contribution is -2.49. The van der Waals surface area contributed by atoms with E-state index in [2.05, 4.69) is 16.3 Å². The lowest BCUT2D eigenvalue weighted by Gasteiger charge is -2.29. The van der Waals surface area contributed by atoms with E-state index in [1.165, 1.54) is 5.56 Å². The molecule has 22 heavy (non-hydrogen) atoms. The van der Waals surface area contributed by atoms with Gasteiger partial charge in [0.05, 0.1) is 6.54 Å². The molecule has 2 fully saturated rings. The Labute approximate surface area is 131 Å². The van der Waals surface area contributed by atoms with Gasteiger partial charge in [0.2, 0.25) is 5.91 Å². The van der Waals surface area contributed by atoms with Crippen LogP contribution in [0.25, 0.3) is 0 Å². The van der Waals surface area contributed by atoms with Crippen LogP contribution < -0.4 is 5.32 Å². The maximum absolute atomic E-state index is 12.3. The van der Waals surface area contributed by atoms with Crippen LogP contribution in [0.1, 0.15) is 12.0 Å². The summed E-state index contributed by atoms with van der Waals surface area (Å²) in [7, 11) is 0. The molecule has 2 aliphatic heterocycles. The second-order valence-corrected chi connectivity index (χ2v) is 6.39. The number of rotatable bonds is 4. The Morgan fingerprint density at radius 2 is 2.09 bits per heavy atom. The number of nitrogens with one attached hydrogen (secondary N) is 1. The van der Waals surface area contributed by atoms with Gasteiger partial charge < -0.3 is 15.3 Å². The van der Waals surface area contributed by atoms with Crippen molar-refractivity contribution in [2.24, 2.45) is 5.92 Å². The van der Waals surface area contributed by atoms with E-state index in [1.807, 2.05) is 17.0 Å². The Balaban J connectivity index is 1.46. The largest absolute Gasteiger partial charge is 0.508 e. The number of amides is 1. The molecule has 1 amide bonds. The molecule has 0 radical (unpaired) electrons. The first kappa shape index (κ1) is 15.3. The number of carbonyl (C=O) groups excluding carboxylic acids is 1. The SMILES string of the molecule is O=C(CN1CCC(Cc2cccc(O)c2)C1)N1CCNCC1. The van der Waals surface area contributed by atoms with E-state index >= 15 is 0 Å². The summed E-state index contributed by atoms with van der Waals surface area (Å²) in [6, 6.07) is 7.50. The highest BCUT2D eigenvalue weighted by molar-refractivity contribution is 5.78. The number of phenols is 1. The van der Waals surface area contributed by atoms with Crippen molar-refractivity contribution in [2.75, 3.05) is 45.8 Å². The van der Waals surface area contributed by atoms with Crippen molar-refractivity contribution in [3.8, 4) is 5.75 Å². The number of nitrogens with zero attached hydrogens (tertiary/aromatic N) is 2. The van der Waals surface area contributed by atoms with Gasteiger partial charge in [0.1, 0.15) is 5.75 Å². The fourth-order valence-electron chi connectivity index (χ4n) is 3.45. The van der Waals surface area contributed by atoms with Crippen LogP contribution in [0.15, 0.2) is 24.3 Å². The van der Waals surface area contributed by atoms with Gasteiger partial charge >= 0.3 is 0 Å². The Kier molecular flexibility index (Phi) is 4.95. The molecule has 2 aliphatic rings. The first-order valence-electron chi connectivity index (χ1n) is 8.19. The number of hydrogen-bond acceptors (Lipinski definition) is 4. The minimum absolute atomic E-state index is 0.263. The maximum Gasteiger partial charge on any atom is 0.236 e. The molecule has 5 nitrogen and oxygen atoms in total. The van der Waals surface area contributed by atoms with Crippen molar-refractivity contribution in [2.45, 2.75) is 12.8 Å². The van der Waals surface area contributed by atoms with Crippen LogP contribution >= 0.6 is 0 Å². The van der Waals surface area contributed by atoms with Crippen LogP contribution in [0, 0.1) is 5.92 Å². The number of likely N-dealkylation sites (tertiary alicyclic amines) is 1. The van der Waals surface area contributed by atoms with Gasteiger partial charge in [-0.1, -0.05) is 12.1 Å². The molecule has 0 spiro atoms. The highest BCUT2D eigenvalue weighted by atomic mass is 16.3. The van der Waals surface area contributed by atoms with Gasteiger partial charge in [0.25, 0.3) is 0 Å². The minimum Gasteiger partial charge on any atom is -0.508 e. The third-order valence-electron chi connectivity index (χ3n) is 4.63. The van der Waals surface area contributed by atoms with Gasteiger partial charge in [-0.05, 0) is 43.0 Å². The van der Waals surface area contributed by atoms with E-state index in [1.54, 1.807) is 6.07 Å². The Hall–Kier alpha value is -1.59. The molecule has 2 N–H and O–H groups in total. The van der Waals surface area contributed by atoms with E-state index in [-0.39, 0.29) is 5.91 Å². The fourth-order valence-corrected chi connectivity index (χ4v) is 3.45. The van der Waals surface area contributed by atoms with E-state index in [0.717, 1.165) is 52.1 Å². The van der Waals surface area contributed by atoms with Crippen molar-refractivity contribution in [3.05, 3.63) is 29.8 Å². The van der Waals surface area contributed by atoms with Gasteiger partial charge in [-0.25, -0.2) is 0 Å². The smallest absolute Gasteiger partial charge is 0.236 e. The van der Waals surface area contributed by atoms with Crippen LogP contribution in [-0.4, -0.2) is 66.6 Å². The summed E-state index contributed by atoms with van der Waals surface area (Å²) < 4.78 is 0. The number of piperazine rings is 1. The molecule has 1 atom stereocenters. The number of phenolic OH excluding ortho intramolecular Hbond substituents is 1.